The van der Waals surface area contributed by atoms with Crippen LogP contribution in [-0.2, 0) is 4.79 Å². The summed E-state index contributed by atoms with van der Waals surface area (Å²) in [5.41, 5.74) is 2.91. The summed E-state index contributed by atoms with van der Waals surface area (Å²) in [7, 11) is 1.59. The number of hydrogen-bond acceptors (Lipinski definition) is 1. The molecule has 0 aliphatic heterocycles. The Bertz CT molecular complexity index is 465. The van der Waals surface area contributed by atoms with Crippen LogP contribution in [-0.4, -0.2) is 13.0 Å². The van der Waals surface area contributed by atoms with Gasteiger partial charge in [0.25, 0.3) is 0 Å². The molecular formula is C13H14FNO. The lowest BCUT2D eigenvalue weighted by atomic mass is 10.0. The lowest BCUT2D eigenvalue weighted by Gasteiger charge is -2.02. The first-order valence-electron chi connectivity index (χ1n) is 5.34. The lowest BCUT2D eigenvalue weighted by Crippen LogP contribution is -2.14. The third-order valence-electron chi connectivity index (χ3n) is 2.97. The van der Waals surface area contributed by atoms with Crippen molar-refractivity contribution in [3.05, 3.63) is 41.2 Å². The smallest absolute Gasteiger partial charge is 0.244 e. The molecule has 1 atom stereocenters. The fourth-order valence-electron chi connectivity index (χ4n) is 2.15. The number of halogens is 1. The maximum Gasteiger partial charge on any atom is 0.244 e. The quantitative estimate of drug-likeness (QED) is 0.722. The third kappa shape index (κ3) is 1.85. The molecule has 84 valence electrons. The highest BCUT2D eigenvalue weighted by atomic mass is 19.1. The third-order valence-corrected chi connectivity index (χ3v) is 2.97. The van der Waals surface area contributed by atoms with Crippen molar-refractivity contribution in [2.45, 2.75) is 19.3 Å². The topological polar surface area (TPSA) is 29.1 Å². The molecule has 1 aliphatic rings. The second-order valence-electron chi connectivity index (χ2n) is 4.12. The van der Waals surface area contributed by atoms with E-state index < -0.39 is 0 Å². The number of carbonyl (C=O) groups excluding carboxylic acids is 1. The minimum absolute atomic E-state index is 0.140. The van der Waals surface area contributed by atoms with Gasteiger partial charge in [-0.3, -0.25) is 4.79 Å². The highest BCUT2D eigenvalue weighted by molar-refractivity contribution is 5.96. The van der Waals surface area contributed by atoms with E-state index in [0.717, 1.165) is 23.1 Å². The van der Waals surface area contributed by atoms with Gasteiger partial charge in [-0.25, -0.2) is 4.39 Å². The van der Waals surface area contributed by atoms with Crippen LogP contribution in [0.4, 0.5) is 4.39 Å². The lowest BCUT2D eigenvalue weighted by molar-refractivity contribution is -0.116. The van der Waals surface area contributed by atoms with E-state index in [0.29, 0.717) is 5.92 Å². The van der Waals surface area contributed by atoms with E-state index in [9.17, 15) is 9.18 Å². The summed E-state index contributed by atoms with van der Waals surface area (Å²) in [6.07, 6.45) is 2.36. The van der Waals surface area contributed by atoms with Gasteiger partial charge in [-0.15, -0.1) is 0 Å². The van der Waals surface area contributed by atoms with Crippen molar-refractivity contribution < 1.29 is 9.18 Å². The van der Waals surface area contributed by atoms with Gasteiger partial charge in [0.1, 0.15) is 5.82 Å². The summed E-state index contributed by atoms with van der Waals surface area (Å²) in [6.45, 7) is 2.08. The monoisotopic (exact) mass is 219 g/mol. The Morgan fingerprint density at radius 3 is 3.00 bits per heavy atom. The number of likely N-dealkylation sites (N-methyl/N-ethyl adjacent to an activating group) is 1. The van der Waals surface area contributed by atoms with Crippen LogP contribution in [0.3, 0.4) is 0 Å². The molecule has 3 heteroatoms. The molecule has 0 radical (unpaired) electrons. The average Bonchev–Trinajstić information content (AvgIpc) is 2.55. The van der Waals surface area contributed by atoms with E-state index in [-0.39, 0.29) is 11.7 Å². The Kier molecular flexibility index (Phi) is 2.77. The van der Waals surface area contributed by atoms with E-state index in [1.165, 1.54) is 12.1 Å². The molecule has 0 saturated carbocycles. The number of nitrogens with one attached hydrogen (secondary N) is 1. The van der Waals surface area contributed by atoms with Crippen LogP contribution in [0.2, 0.25) is 0 Å². The Labute approximate surface area is 94.2 Å². The largest absolute Gasteiger partial charge is 0.356 e. The number of amides is 1. The van der Waals surface area contributed by atoms with Gasteiger partial charge in [0, 0.05) is 13.1 Å². The number of fused-ring (bicyclic) bond motifs is 1. The average molecular weight is 219 g/mol. The van der Waals surface area contributed by atoms with Gasteiger partial charge in [-0.1, -0.05) is 13.0 Å². The second kappa shape index (κ2) is 4.08. The van der Waals surface area contributed by atoms with Gasteiger partial charge < -0.3 is 5.32 Å². The minimum atomic E-state index is -0.254. The maximum atomic E-state index is 13.2. The second-order valence-corrected chi connectivity index (χ2v) is 4.12. The van der Waals surface area contributed by atoms with Crippen molar-refractivity contribution in [2.75, 3.05) is 7.05 Å². The predicted octanol–water partition coefficient (Wildman–Crippen LogP) is 2.46. The fraction of sp³-hybridized carbons (Fsp3) is 0.308. The first kappa shape index (κ1) is 10.9. The van der Waals surface area contributed by atoms with Crippen molar-refractivity contribution >= 4 is 11.5 Å². The number of rotatable bonds is 1. The Morgan fingerprint density at radius 1 is 1.56 bits per heavy atom. The number of hydrogen-bond donors (Lipinski definition) is 1. The SMILES string of the molecule is CNC(=O)C=C1CC(C)c2ccc(F)cc21. The predicted molar refractivity (Wildman–Crippen MR) is 61.5 cm³/mol. The van der Waals surface area contributed by atoms with E-state index in [2.05, 4.69) is 12.2 Å². The Morgan fingerprint density at radius 2 is 2.31 bits per heavy atom. The minimum Gasteiger partial charge on any atom is -0.356 e. The summed E-state index contributed by atoms with van der Waals surface area (Å²) in [5.74, 6) is -0.0403. The molecule has 1 amide bonds. The van der Waals surface area contributed by atoms with Crippen LogP contribution in [0.15, 0.2) is 24.3 Å². The molecule has 0 heterocycles. The van der Waals surface area contributed by atoms with E-state index in [1.807, 2.05) is 0 Å². The maximum absolute atomic E-state index is 13.2. The van der Waals surface area contributed by atoms with Crippen LogP contribution in [0.5, 0.6) is 0 Å². The number of benzene rings is 1. The van der Waals surface area contributed by atoms with Crippen molar-refractivity contribution in [3.8, 4) is 0 Å². The Balaban J connectivity index is 2.45. The van der Waals surface area contributed by atoms with Gasteiger partial charge in [-0.05, 0) is 41.2 Å². The van der Waals surface area contributed by atoms with Crippen molar-refractivity contribution in [1.82, 2.24) is 5.32 Å². The molecule has 2 nitrogen and oxygen atoms in total. The van der Waals surface area contributed by atoms with E-state index >= 15 is 0 Å². The molecule has 0 spiro atoms. The molecule has 0 aromatic heterocycles. The molecule has 0 bridgehead atoms. The van der Waals surface area contributed by atoms with Gasteiger partial charge in [0.15, 0.2) is 0 Å². The van der Waals surface area contributed by atoms with Crippen LogP contribution in [0, 0.1) is 5.82 Å². The zero-order chi connectivity index (χ0) is 11.7. The standard InChI is InChI=1S/C13H14FNO/c1-8-5-9(6-13(16)15-2)12-7-10(14)3-4-11(8)12/h3-4,6-8H,5H2,1-2H3,(H,15,16). The summed E-state index contributed by atoms with van der Waals surface area (Å²) in [5, 5.41) is 2.54. The van der Waals surface area contributed by atoms with Gasteiger partial charge in [0.05, 0.1) is 0 Å². The summed E-state index contributed by atoms with van der Waals surface area (Å²) < 4.78 is 13.2. The molecule has 0 saturated heterocycles. The molecule has 1 unspecified atom stereocenters. The first-order chi connectivity index (χ1) is 7.61. The van der Waals surface area contributed by atoms with Gasteiger partial charge in [-0.2, -0.15) is 0 Å². The summed E-state index contributed by atoms with van der Waals surface area (Å²) in [4.78, 5) is 11.3. The number of allylic oxidation sites excluding steroid dienone is 1. The van der Waals surface area contributed by atoms with Crippen LogP contribution >= 0.6 is 0 Å². The highest BCUT2D eigenvalue weighted by Crippen LogP contribution is 2.40. The molecule has 1 aromatic rings. The molecule has 2 rings (SSSR count). The highest BCUT2D eigenvalue weighted by Gasteiger charge is 2.23. The van der Waals surface area contributed by atoms with E-state index in [4.69, 9.17) is 0 Å². The van der Waals surface area contributed by atoms with Crippen LogP contribution in [0.25, 0.3) is 5.57 Å². The molecule has 16 heavy (non-hydrogen) atoms. The fourth-order valence-corrected chi connectivity index (χ4v) is 2.15. The summed E-state index contributed by atoms with van der Waals surface area (Å²) >= 11 is 0. The van der Waals surface area contributed by atoms with Crippen LogP contribution in [0.1, 0.15) is 30.4 Å². The van der Waals surface area contributed by atoms with Gasteiger partial charge in [0.2, 0.25) is 5.91 Å². The normalized spacial score (nSPS) is 20.9. The van der Waals surface area contributed by atoms with Gasteiger partial charge >= 0.3 is 0 Å². The molecular weight excluding hydrogens is 205 g/mol. The Hall–Kier alpha value is -1.64. The van der Waals surface area contributed by atoms with Crippen molar-refractivity contribution in [3.63, 3.8) is 0 Å². The first-order valence-corrected chi connectivity index (χ1v) is 5.34. The zero-order valence-corrected chi connectivity index (χ0v) is 9.38. The summed E-state index contributed by atoms with van der Waals surface area (Å²) in [6, 6.07) is 4.78. The van der Waals surface area contributed by atoms with Crippen molar-refractivity contribution in [1.29, 1.82) is 0 Å². The number of carbonyl (C=O) groups is 1. The molecule has 1 aromatic carbocycles. The van der Waals surface area contributed by atoms with Crippen LogP contribution < -0.4 is 5.32 Å². The van der Waals surface area contributed by atoms with E-state index in [1.54, 1.807) is 19.2 Å². The molecule has 0 fully saturated rings. The molecule has 1 aliphatic carbocycles. The molecule has 1 N–H and O–H groups in total. The zero-order valence-electron chi connectivity index (χ0n) is 9.38. The van der Waals surface area contributed by atoms with Crippen molar-refractivity contribution in [2.24, 2.45) is 0 Å².